The summed E-state index contributed by atoms with van der Waals surface area (Å²) in [5.74, 6) is -1.67. The highest BCUT2D eigenvalue weighted by Gasteiger charge is 2.48. The number of imide groups is 1. The first-order valence-corrected chi connectivity index (χ1v) is 10.7. The summed E-state index contributed by atoms with van der Waals surface area (Å²) in [6, 6.07) is 13.7. The molecular weight excluding hydrogens is 418 g/mol. The fraction of sp³-hybridized carbons (Fsp3) is 0.375. The SMILES string of the molecule is O=C(CN1C(=O)C2CCCCC2C1=O)Nc1ccc(OC(F)F)c(Cc2ccccc2)c1. The third-order valence-electron chi connectivity index (χ3n) is 6.03. The number of halogens is 2. The average Bonchev–Trinajstić information content (AvgIpc) is 3.01. The van der Waals surface area contributed by atoms with Crippen LogP contribution >= 0.6 is 0 Å². The number of carbonyl (C=O) groups excluding carboxylic acids is 3. The summed E-state index contributed by atoms with van der Waals surface area (Å²) >= 11 is 0. The van der Waals surface area contributed by atoms with Crippen LogP contribution in [0, 0.1) is 11.8 Å². The quantitative estimate of drug-likeness (QED) is 0.658. The number of ether oxygens (including phenoxy) is 1. The molecule has 1 saturated carbocycles. The summed E-state index contributed by atoms with van der Waals surface area (Å²) < 4.78 is 30.3. The normalized spacial score (nSPS) is 20.4. The van der Waals surface area contributed by atoms with E-state index < -0.39 is 12.5 Å². The van der Waals surface area contributed by atoms with Crippen molar-refractivity contribution in [3.05, 3.63) is 59.7 Å². The van der Waals surface area contributed by atoms with E-state index in [9.17, 15) is 23.2 Å². The van der Waals surface area contributed by atoms with Crippen molar-refractivity contribution in [2.24, 2.45) is 11.8 Å². The Morgan fingerprint density at radius 2 is 1.69 bits per heavy atom. The Morgan fingerprint density at radius 3 is 2.31 bits per heavy atom. The molecule has 1 aliphatic heterocycles. The number of anilines is 1. The second kappa shape index (κ2) is 9.46. The van der Waals surface area contributed by atoms with Crippen molar-refractivity contribution in [1.82, 2.24) is 4.90 Å². The molecule has 2 atom stereocenters. The van der Waals surface area contributed by atoms with E-state index in [1.165, 1.54) is 12.1 Å². The standard InChI is InChI=1S/C24H24F2N2O4/c25-24(26)32-20-11-10-17(13-16(20)12-15-6-2-1-3-7-15)27-21(29)14-28-22(30)18-8-4-5-9-19(18)23(28)31/h1-3,6-7,10-11,13,18-19,24H,4-5,8-9,12,14H2,(H,27,29). The zero-order valence-electron chi connectivity index (χ0n) is 17.4. The maximum atomic E-state index is 12.8. The number of amides is 3. The van der Waals surface area contributed by atoms with Crippen molar-refractivity contribution in [3.63, 3.8) is 0 Å². The van der Waals surface area contributed by atoms with Gasteiger partial charge in [0.2, 0.25) is 17.7 Å². The predicted octanol–water partition coefficient (Wildman–Crippen LogP) is 3.99. The molecule has 1 N–H and O–H groups in total. The maximum absolute atomic E-state index is 12.8. The second-order valence-electron chi connectivity index (χ2n) is 8.17. The summed E-state index contributed by atoms with van der Waals surface area (Å²) in [6.07, 6.45) is 3.53. The van der Waals surface area contributed by atoms with Gasteiger partial charge in [-0.2, -0.15) is 8.78 Å². The van der Waals surface area contributed by atoms with Crippen LogP contribution in [0.4, 0.5) is 14.5 Å². The number of nitrogens with one attached hydrogen (secondary N) is 1. The van der Waals surface area contributed by atoms with E-state index in [1.807, 2.05) is 30.3 Å². The molecule has 2 aliphatic rings. The number of hydrogen-bond acceptors (Lipinski definition) is 4. The minimum Gasteiger partial charge on any atom is -0.435 e. The van der Waals surface area contributed by atoms with Crippen LogP contribution in [0.1, 0.15) is 36.8 Å². The van der Waals surface area contributed by atoms with Crippen molar-refractivity contribution < 1.29 is 27.9 Å². The largest absolute Gasteiger partial charge is 0.435 e. The number of fused-ring (bicyclic) bond motifs is 1. The Kier molecular flexibility index (Phi) is 6.48. The summed E-state index contributed by atoms with van der Waals surface area (Å²) in [5.41, 5.74) is 1.75. The number of rotatable bonds is 7. The van der Waals surface area contributed by atoms with Crippen molar-refractivity contribution >= 4 is 23.4 Å². The van der Waals surface area contributed by atoms with Gasteiger partial charge in [-0.15, -0.1) is 0 Å². The highest BCUT2D eigenvalue weighted by atomic mass is 19.3. The summed E-state index contributed by atoms with van der Waals surface area (Å²) in [5, 5.41) is 2.67. The van der Waals surface area contributed by atoms with Crippen molar-refractivity contribution in [2.75, 3.05) is 11.9 Å². The van der Waals surface area contributed by atoms with E-state index in [0.717, 1.165) is 23.3 Å². The van der Waals surface area contributed by atoms with Gasteiger partial charge >= 0.3 is 6.61 Å². The van der Waals surface area contributed by atoms with E-state index in [0.29, 0.717) is 30.5 Å². The van der Waals surface area contributed by atoms with Gasteiger partial charge in [0, 0.05) is 17.7 Å². The third kappa shape index (κ3) is 4.79. The van der Waals surface area contributed by atoms with Gasteiger partial charge in [-0.25, -0.2) is 0 Å². The van der Waals surface area contributed by atoms with Crippen LogP contribution in [0.3, 0.4) is 0 Å². The van der Waals surface area contributed by atoms with Gasteiger partial charge in [0.25, 0.3) is 0 Å². The zero-order valence-corrected chi connectivity index (χ0v) is 17.4. The molecule has 0 spiro atoms. The van der Waals surface area contributed by atoms with Crippen LogP contribution in [-0.4, -0.2) is 35.8 Å². The highest BCUT2D eigenvalue weighted by Crippen LogP contribution is 2.38. The molecule has 4 rings (SSSR count). The molecule has 8 heteroatoms. The smallest absolute Gasteiger partial charge is 0.387 e. The fourth-order valence-electron chi connectivity index (χ4n) is 4.55. The van der Waals surface area contributed by atoms with Crippen LogP contribution in [0.25, 0.3) is 0 Å². The van der Waals surface area contributed by atoms with E-state index in [1.54, 1.807) is 6.07 Å². The molecule has 1 aliphatic carbocycles. The van der Waals surface area contributed by atoms with E-state index in [-0.39, 0.29) is 35.9 Å². The van der Waals surface area contributed by atoms with Crippen LogP contribution in [0.15, 0.2) is 48.5 Å². The number of alkyl halides is 2. The first-order chi connectivity index (χ1) is 15.4. The minimum absolute atomic E-state index is 0.0239. The molecule has 0 bridgehead atoms. The van der Waals surface area contributed by atoms with Crippen molar-refractivity contribution in [2.45, 2.75) is 38.7 Å². The molecule has 1 heterocycles. The molecular formula is C24H24F2N2O4. The summed E-state index contributed by atoms with van der Waals surface area (Å²) in [4.78, 5) is 38.8. The monoisotopic (exact) mass is 442 g/mol. The van der Waals surface area contributed by atoms with Gasteiger partial charge in [0.1, 0.15) is 12.3 Å². The lowest BCUT2D eigenvalue weighted by Gasteiger charge is -2.19. The minimum atomic E-state index is -2.97. The molecule has 2 aromatic carbocycles. The first kappa shape index (κ1) is 21.9. The molecule has 168 valence electrons. The summed E-state index contributed by atoms with van der Waals surface area (Å²) in [6.45, 7) is -3.32. The van der Waals surface area contributed by atoms with Gasteiger partial charge in [-0.1, -0.05) is 43.2 Å². The molecule has 32 heavy (non-hydrogen) atoms. The molecule has 2 aromatic rings. The van der Waals surface area contributed by atoms with Crippen LogP contribution in [0.2, 0.25) is 0 Å². The predicted molar refractivity (Wildman–Crippen MR) is 113 cm³/mol. The molecule has 2 fully saturated rings. The summed E-state index contributed by atoms with van der Waals surface area (Å²) in [7, 11) is 0. The molecule has 6 nitrogen and oxygen atoms in total. The van der Waals surface area contributed by atoms with E-state index in [2.05, 4.69) is 10.1 Å². The first-order valence-electron chi connectivity index (χ1n) is 10.7. The topological polar surface area (TPSA) is 75.7 Å². The Labute approximate surface area is 184 Å². The number of carbonyl (C=O) groups is 3. The second-order valence-corrected chi connectivity index (χ2v) is 8.17. The molecule has 0 radical (unpaired) electrons. The Bertz CT molecular complexity index is 988. The molecule has 3 amide bonds. The van der Waals surface area contributed by atoms with Gasteiger partial charge in [-0.05, 0) is 36.6 Å². The van der Waals surface area contributed by atoms with Gasteiger partial charge in [0.15, 0.2) is 0 Å². The van der Waals surface area contributed by atoms with Crippen LogP contribution < -0.4 is 10.1 Å². The van der Waals surface area contributed by atoms with Gasteiger partial charge in [-0.3, -0.25) is 19.3 Å². The third-order valence-corrected chi connectivity index (χ3v) is 6.03. The van der Waals surface area contributed by atoms with Gasteiger partial charge in [0.05, 0.1) is 11.8 Å². The molecule has 0 aromatic heterocycles. The number of hydrogen-bond donors (Lipinski definition) is 1. The Morgan fingerprint density at radius 1 is 1.03 bits per heavy atom. The van der Waals surface area contributed by atoms with E-state index in [4.69, 9.17) is 0 Å². The van der Waals surface area contributed by atoms with Gasteiger partial charge < -0.3 is 10.1 Å². The molecule has 2 unspecified atom stereocenters. The Balaban J connectivity index is 1.47. The van der Waals surface area contributed by atoms with Crippen LogP contribution in [-0.2, 0) is 20.8 Å². The number of benzene rings is 2. The maximum Gasteiger partial charge on any atom is 0.387 e. The molecule has 1 saturated heterocycles. The van der Waals surface area contributed by atoms with E-state index >= 15 is 0 Å². The lowest BCUT2D eigenvalue weighted by molar-refractivity contribution is -0.142. The highest BCUT2D eigenvalue weighted by molar-refractivity contribution is 6.08. The number of nitrogens with zero attached hydrogens (tertiary/aromatic N) is 1. The Hall–Kier alpha value is -3.29. The lowest BCUT2D eigenvalue weighted by atomic mass is 9.81. The van der Waals surface area contributed by atoms with Crippen molar-refractivity contribution in [3.8, 4) is 5.75 Å². The fourth-order valence-corrected chi connectivity index (χ4v) is 4.55. The average molecular weight is 442 g/mol. The number of likely N-dealkylation sites (tertiary alicyclic amines) is 1. The van der Waals surface area contributed by atoms with Crippen LogP contribution in [0.5, 0.6) is 5.75 Å². The zero-order chi connectivity index (χ0) is 22.7. The van der Waals surface area contributed by atoms with Crippen molar-refractivity contribution in [1.29, 1.82) is 0 Å². The lowest BCUT2D eigenvalue weighted by Crippen LogP contribution is -2.38.